The number of rotatable bonds is 2. The zero-order chi connectivity index (χ0) is 10.1. The molecule has 0 atom stereocenters. The monoisotopic (exact) mass is 242 g/mol. The second-order valence-corrected chi connectivity index (χ2v) is 5.06. The molecule has 0 saturated carbocycles. The van der Waals surface area contributed by atoms with Crippen LogP contribution in [0.4, 0.5) is 0 Å². The number of hydrogen-bond acceptors (Lipinski definition) is 4. The molecule has 0 N–H and O–H groups in total. The van der Waals surface area contributed by atoms with E-state index in [4.69, 9.17) is 4.74 Å². The van der Waals surface area contributed by atoms with Crippen LogP contribution < -0.4 is 4.74 Å². The lowest BCUT2D eigenvalue weighted by Crippen LogP contribution is -1.78. The van der Waals surface area contributed by atoms with Gasteiger partial charge in [-0.25, -0.2) is 0 Å². The third-order valence-corrected chi connectivity index (χ3v) is 4.68. The zero-order valence-corrected chi connectivity index (χ0v) is 10.4. The Kier molecular flexibility index (Phi) is 2.95. The first-order chi connectivity index (χ1) is 6.77. The smallest absolute Gasteiger partial charge is 0.188 e. The van der Waals surface area contributed by atoms with Crippen molar-refractivity contribution in [3.8, 4) is 5.06 Å². The molecule has 0 aliphatic carbocycles. The van der Waals surface area contributed by atoms with Crippen LogP contribution in [0.25, 0.3) is 10.1 Å². The summed E-state index contributed by atoms with van der Waals surface area (Å²) in [7, 11) is 1.71. The summed E-state index contributed by atoms with van der Waals surface area (Å²) in [5, 5.41) is 2.22. The normalized spacial score (nSPS) is 10.8. The van der Waals surface area contributed by atoms with E-state index in [0.29, 0.717) is 0 Å². The number of methoxy groups -OCH3 is 1. The van der Waals surface area contributed by atoms with E-state index >= 15 is 0 Å². The van der Waals surface area contributed by atoms with Gasteiger partial charge in [0.25, 0.3) is 0 Å². The lowest BCUT2D eigenvalue weighted by atomic mass is 10.3. The molecular weight excluding hydrogens is 232 g/mol. The third kappa shape index (κ3) is 1.51. The quantitative estimate of drug-likeness (QED) is 0.631. The van der Waals surface area contributed by atoms with Gasteiger partial charge in [-0.3, -0.25) is 0 Å². The highest BCUT2D eigenvalue weighted by atomic mass is 32.2. The summed E-state index contributed by atoms with van der Waals surface area (Å²) < 4.78 is 6.55. The Labute approximate surface area is 96.9 Å². The number of thioether (sulfide) groups is 1. The van der Waals surface area contributed by atoms with E-state index in [2.05, 4.69) is 25.0 Å². The van der Waals surface area contributed by atoms with Gasteiger partial charge in [-0.05, 0) is 12.3 Å². The maximum absolute atomic E-state index is 5.34. The summed E-state index contributed by atoms with van der Waals surface area (Å²) in [5.41, 5.74) is 0. The van der Waals surface area contributed by atoms with Gasteiger partial charge in [0.2, 0.25) is 0 Å². The van der Waals surface area contributed by atoms with Gasteiger partial charge in [-0.15, -0.1) is 24.4 Å². The molecule has 2 rings (SSSR count). The molecule has 1 heterocycles. The maximum atomic E-state index is 5.34. The lowest BCUT2D eigenvalue weighted by molar-refractivity contribution is 0.419. The first kappa shape index (κ1) is 10.2. The van der Waals surface area contributed by atoms with Gasteiger partial charge in [0.1, 0.15) is 0 Å². The maximum Gasteiger partial charge on any atom is 0.188 e. The van der Waals surface area contributed by atoms with E-state index in [1.165, 1.54) is 15.0 Å². The Hall–Kier alpha value is -0.320. The average Bonchev–Trinajstić information content (AvgIpc) is 2.57. The first-order valence-corrected chi connectivity index (χ1v) is 6.59. The molecule has 0 radical (unpaired) electrons. The van der Waals surface area contributed by atoms with Crippen molar-refractivity contribution in [2.75, 3.05) is 13.4 Å². The van der Waals surface area contributed by atoms with Gasteiger partial charge >= 0.3 is 0 Å². The molecule has 2 aromatic rings. The van der Waals surface area contributed by atoms with Crippen LogP contribution in [0.3, 0.4) is 0 Å². The zero-order valence-electron chi connectivity index (χ0n) is 7.90. The molecule has 0 bridgehead atoms. The van der Waals surface area contributed by atoms with Crippen molar-refractivity contribution in [2.24, 2.45) is 0 Å². The van der Waals surface area contributed by atoms with E-state index in [-0.39, 0.29) is 0 Å². The molecule has 4 heteroatoms. The van der Waals surface area contributed by atoms with Crippen LogP contribution in [0.15, 0.2) is 28.0 Å². The van der Waals surface area contributed by atoms with E-state index in [1.807, 2.05) is 12.1 Å². The fourth-order valence-corrected chi connectivity index (χ4v) is 3.73. The predicted octanol–water partition coefficient (Wildman–Crippen LogP) is 3.92. The predicted molar refractivity (Wildman–Crippen MR) is 67.4 cm³/mol. The number of fused-ring (bicyclic) bond motifs is 1. The number of thiophene rings is 1. The van der Waals surface area contributed by atoms with Gasteiger partial charge in [0, 0.05) is 10.3 Å². The molecule has 0 saturated heterocycles. The highest BCUT2D eigenvalue weighted by molar-refractivity contribution is 7.99. The van der Waals surface area contributed by atoms with Crippen molar-refractivity contribution < 1.29 is 4.74 Å². The molecule has 0 amide bonds. The minimum atomic E-state index is 0.981. The molecule has 1 aromatic carbocycles. The summed E-state index contributed by atoms with van der Waals surface area (Å²) >= 11 is 7.81. The highest BCUT2D eigenvalue weighted by Gasteiger charge is 2.12. The molecule has 1 nitrogen and oxygen atoms in total. The Balaban J connectivity index is 2.79. The van der Waals surface area contributed by atoms with E-state index in [9.17, 15) is 0 Å². The molecule has 14 heavy (non-hydrogen) atoms. The molecule has 0 unspecified atom stereocenters. The van der Waals surface area contributed by atoms with Crippen molar-refractivity contribution >= 4 is 45.8 Å². The Bertz CT molecular complexity index is 462. The van der Waals surface area contributed by atoms with Gasteiger partial charge < -0.3 is 4.74 Å². The fraction of sp³-hybridized carbons (Fsp3) is 0.200. The molecule has 0 aliphatic heterocycles. The van der Waals surface area contributed by atoms with E-state index in [0.717, 1.165) is 9.96 Å². The van der Waals surface area contributed by atoms with Gasteiger partial charge in [0.15, 0.2) is 5.06 Å². The highest BCUT2D eigenvalue weighted by Crippen LogP contribution is 2.44. The van der Waals surface area contributed by atoms with Crippen molar-refractivity contribution in [1.82, 2.24) is 0 Å². The fourth-order valence-electron chi connectivity index (χ4n) is 1.39. The SMILES string of the molecule is COc1sc2c(S)cccc2c1SC. The number of thiol groups is 1. The number of benzene rings is 1. The lowest BCUT2D eigenvalue weighted by Gasteiger charge is -1.97. The van der Waals surface area contributed by atoms with Crippen molar-refractivity contribution in [2.45, 2.75) is 9.79 Å². The van der Waals surface area contributed by atoms with Gasteiger partial charge in [-0.2, -0.15) is 0 Å². The third-order valence-electron chi connectivity index (χ3n) is 2.01. The summed E-state index contributed by atoms with van der Waals surface area (Å²) in [6, 6.07) is 6.14. The molecule has 1 aromatic heterocycles. The summed E-state index contributed by atoms with van der Waals surface area (Å²) in [4.78, 5) is 2.23. The molecule has 0 spiro atoms. The second kappa shape index (κ2) is 4.04. The first-order valence-electron chi connectivity index (χ1n) is 4.10. The van der Waals surface area contributed by atoms with Gasteiger partial charge in [0.05, 0.1) is 16.7 Å². The Morgan fingerprint density at radius 2 is 2.21 bits per heavy atom. The largest absolute Gasteiger partial charge is 0.486 e. The summed E-state index contributed by atoms with van der Waals surface area (Å²) in [6.45, 7) is 0. The van der Waals surface area contributed by atoms with Crippen LogP contribution in [0.5, 0.6) is 5.06 Å². The van der Waals surface area contributed by atoms with E-state index in [1.54, 1.807) is 30.2 Å². The minimum Gasteiger partial charge on any atom is -0.486 e. The van der Waals surface area contributed by atoms with Crippen LogP contribution in [0.1, 0.15) is 0 Å². The van der Waals surface area contributed by atoms with Crippen molar-refractivity contribution in [3.63, 3.8) is 0 Å². The van der Waals surface area contributed by atoms with Crippen LogP contribution in [-0.2, 0) is 0 Å². The molecule has 0 fully saturated rings. The average molecular weight is 242 g/mol. The van der Waals surface area contributed by atoms with Crippen LogP contribution in [0, 0.1) is 0 Å². The Morgan fingerprint density at radius 1 is 1.43 bits per heavy atom. The van der Waals surface area contributed by atoms with Crippen LogP contribution in [0.2, 0.25) is 0 Å². The van der Waals surface area contributed by atoms with Crippen LogP contribution in [-0.4, -0.2) is 13.4 Å². The number of ether oxygens (including phenoxy) is 1. The topological polar surface area (TPSA) is 9.23 Å². The van der Waals surface area contributed by atoms with Gasteiger partial charge in [-0.1, -0.05) is 23.5 Å². The Morgan fingerprint density at radius 3 is 2.86 bits per heavy atom. The van der Waals surface area contributed by atoms with E-state index < -0.39 is 0 Å². The number of hydrogen-bond donors (Lipinski definition) is 1. The molecular formula is C10H10OS3. The summed E-state index contributed by atoms with van der Waals surface area (Å²) in [6.07, 6.45) is 2.06. The molecule has 0 aliphatic rings. The standard InChI is InChI=1S/C10H10OS3/c1-11-10-9(13-2)6-4-3-5-7(12)8(6)14-10/h3-5,12H,1-2H3. The second-order valence-electron chi connectivity index (χ2n) is 2.78. The molecule has 74 valence electrons. The minimum absolute atomic E-state index is 0.981. The van der Waals surface area contributed by atoms with Crippen LogP contribution >= 0.6 is 35.7 Å². The van der Waals surface area contributed by atoms with Crippen molar-refractivity contribution in [3.05, 3.63) is 18.2 Å². The summed E-state index contributed by atoms with van der Waals surface area (Å²) in [5.74, 6) is 0. The van der Waals surface area contributed by atoms with Crippen molar-refractivity contribution in [1.29, 1.82) is 0 Å².